The molecule has 0 radical (unpaired) electrons. The Labute approximate surface area is 204 Å². The zero-order valence-electron chi connectivity index (χ0n) is 20.1. The molecule has 0 saturated carbocycles. The van der Waals surface area contributed by atoms with E-state index in [1.807, 2.05) is 42.5 Å². The van der Waals surface area contributed by atoms with Gasteiger partial charge < -0.3 is 18.9 Å². The van der Waals surface area contributed by atoms with Gasteiger partial charge in [0, 0.05) is 17.5 Å². The van der Waals surface area contributed by atoms with Gasteiger partial charge in [0.05, 0.1) is 34.6 Å². The lowest BCUT2D eigenvalue weighted by molar-refractivity contribution is 0.0964. The molecule has 0 aliphatic heterocycles. The second-order valence-electron chi connectivity index (χ2n) is 7.76. The minimum absolute atomic E-state index is 0.0358. The number of ether oxygens (including phenoxy) is 4. The molecule has 1 unspecified atom stereocenters. The summed E-state index contributed by atoms with van der Waals surface area (Å²) in [6, 6.07) is 19.7. The van der Waals surface area contributed by atoms with Gasteiger partial charge >= 0.3 is 0 Å². The number of carbonyl (C=O) groups is 1. The van der Waals surface area contributed by atoms with Crippen LogP contribution >= 0.6 is 0 Å². The van der Waals surface area contributed by atoms with Crippen molar-refractivity contribution in [3.8, 4) is 34.3 Å². The van der Waals surface area contributed by atoms with Gasteiger partial charge in [-0.2, -0.15) is 15.0 Å². The third kappa shape index (κ3) is 5.27. The number of Topliss-reactive ketones (excluding diaryl/α,β-unsaturated/α-hetero) is 1. The Bertz CT molecular complexity index is 1280. The van der Waals surface area contributed by atoms with Crippen molar-refractivity contribution in [2.75, 3.05) is 28.4 Å². The summed E-state index contributed by atoms with van der Waals surface area (Å²) in [7, 11) is 6.41. The first-order valence-electron chi connectivity index (χ1n) is 11.0. The summed E-state index contributed by atoms with van der Waals surface area (Å²) in [6.07, 6.45) is 1.83. The van der Waals surface area contributed by atoms with Crippen LogP contribution in [0, 0.1) is 0 Å². The first-order valence-corrected chi connectivity index (χ1v) is 11.0. The highest BCUT2D eigenvalue weighted by atomic mass is 16.5. The van der Waals surface area contributed by atoms with Crippen molar-refractivity contribution in [3.63, 3.8) is 0 Å². The maximum atomic E-state index is 13.2. The molecule has 4 aromatic rings. The highest BCUT2D eigenvalue weighted by Crippen LogP contribution is 2.33. The number of methoxy groups -OCH3 is 4. The third-order valence-electron chi connectivity index (χ3n) is 5.76. The van der Waals surface area contributed by atoms with E-state index in [4.69, 9.17) is 24.0 Å². The van der Waals surface area contributed by atoms with Crippen LogP contribution in [0.2, 0.25) is 0 Å². The van der Waals surface area contributed by atoms with Crippen LogP contribution in [0.5, 0.6) is 23.0 Å². The molecular formula is C27H27N3O5. The summed E-state index contributed by atoms with van der Waals surface area (Å²) >= 11 is 0. The molecule has 8 heteroatoms. The molecule has 0 aliphatic carbocycles. The van der Waals surface area contributed by atoms with Crippen molar-refractivity contribution in [3.05, 3.63) is 84.1 Å². The molecular weight excluding hydrogens is 446 g/mol. The normalized spacial score (nSPS) is 11.5. The van der Waals surface area contributed by atoms with Crippen molar-refractivity contribution >= 4 is 5.78 Å². The minimum atomic E-state index is -0.430. The number of carbonyl (C=O) groups excluding carboxylic acids is 1. The van der Waals surface area contributed by atoms with E-state index in [9.17, 15) is 4.79 Å². The van der Waals surface area contributed by atoms with Crippen LogP contribution < -0.4 is 18.9 Å². The van der Waals surface area contributed by atoms with Crippen LogP contribution in [0.15, 0.2) is 72.9 Å². The molecule has 8 nitrogen and oxygen atoms in total. The zero-order valence-corrected chi connectivity index (χ0v) is 20.1. The Balaban J connectivity index is 1.70. The fourth-order valence-electron chi connectivity index (χ4n) is 3.79. The van der Waals surface area contributed by atoms with Crippen LogP contribution in [0.25, 0.3) is 11.3 Å². The Morgan fingerprint density at radius 2 is 1.40 bits per heavy atom. The molecule has 0 amide bonds. The molecule has 1 atom stereocenters. The van der Waals surface area contributed by atoms with Crippen molar-refractivity contribution in [1.29, 1.82) is 0 Å². The molecule has 3 aromatic carbocycles. The molecule has 180 valence electrons. The quantitative estimate of drug-likeness (QED) is 0.305. The summed E-state index contributed by atoms with van der Waals surface area (Å²) in [5.41, 5.74) is 2.82. The molecule has 0 saturated heterocycles. The maximum Gasteiger partial charge on any atom is 0.165 e. The van der Waals surface area contributed by atoms with Crippen LogP contribution in [-0.4, -0.2) is 49.2 Å². The Morgan fingerprint density at radius 3 is 2.00 bits per heavy atom. The third-order valence-corrected chi connectivity index (χ3v) is 5.76. The van der Waals surface area contributed by atoms with Crippen molar-refractivity contribution in [1.82, 2.24) is 15.0 Å². The monoisotopic (exact) mass is 473 g/mol. The summed E-state index contributed by atoms with van der Waals surface area (Å²) < 4.78 is 21.4. The lowest BCUT2D eigenvalue weighted by Crippen LogP contribution is -2.18. The first kappa shape index (κ1) is 23.8. The number of nitrogens with zero attached hydrogens (tertiary/aromatic N) is 3. The van der Waals surface area contributed by atoms with E-state index in [-0.39, 0.29) is 12.2 Å². The van der Waals surface area contributed by atoms with Gasteiger partial charge in [0.2, 0.25) is 0 Å². The largest absolute Gasteiger partial charge is 0.497 e. The molecule has 4 rings (SSSR count). The highest BCUT2D eigenvalue weighted by Gasteiger charge is 2.23. The Morgan fingerprint density at radius 1 is 0.800 bits per heavy atom. The van der Waals surface area contributed by atoms with Gasteiger partial charge in [-0.3, -0.25) is 4.79 Å². The van der Waals surface area contributed by atoms with Gasteiger partial charge in [0.25, 0.3) is 0 Å². The zero-order chi connectivity index (χ0) is 24.8. The number of benzene rings is 3. The average Bonchev–Trinajstić information content (AvgIpc) is 3.41. The van der Waals surface area contributed by atoms with Crippen LogP contribution in [0.1, 0.15) is 28.4 Å². The molecule has 0 spiro atoms. The first-order chi connectivity index (χ1) is 17.1. The van der Waals surface area contributed by atoms with Crippen LogP contribution in [0.3, 0.4) is 0 Å². The predicted molar refractivity (Wildman–Crippen MR) is 132 cm³/mol. The molecule has 1 heterocycles. The van der Waals surface area contributed by atoms with E-state index in [1.54, 1.807) is 63.7 Å². The fourth-order valence-corrected chi connectivity index (χ4v) is 3.79. The number of aromatic nitrogens is 3. The van der Waals surface area contributed by atoms with E-state index in [0.29, 0.717) is 28.5 Å². The van der Waals surface area contributed by atoms with Gasteiger partial charge in [-0.25, -0.2) is 0 Å². The van der Waals surface area contributed by atoms with Crippen molar-refractivity contribution in [2.45, 2.75) is 12.5 Å². The standard InChI is InChI=1S/C27H27N3O5/c1-32-20-9-5-18(6-10-20)25(16-26(31)19-7-11-21(33-2)12-8-19)30-28-17-24(29-30)23-15-22(34-3)13-14-27(23)35-4/h5-15,17,25H,16H2,1-4H3. The van der Waals surface area contributed by atoms with Crippen molar-refractivity contribution < 1.29 is 23.7 Å². The van der Waals surface area contributed by atoms with Crippen LogP contribution in [0.4, 0.5) is 0 Å². The number of hydrogen-bond donors (Lipinski definition) is 0. The molecule has 1 aromatic heterocycles. The summed E-state index contributed by atoms with van der Waals surface area (Å²) in [5, 5.41) is 9.25. The molecule has 0 fully saturated rings. The fraction of sp³-hybridized carbons (Fsp3) is 0.222. The van der Waals surface area contributed by atoms with Gasteiger partial charge in [-0.05, 0) is 60.2 Å². The van der Waals surface area contributed by atoms with Gasteiger partial charge in [-0.15, -0.1) is 0 Å². The van der Waals surface area contributed by atoms with E-state index < -0.39 is 6.04 Å². The van der Waals surface area contributed by atoms with Gasteiger partial charge in [0.1, 0.15) is 34.7 Å². The summed E-state index contributed by atoms with van der Waals surface area (Å²) in [5.74, 6) is 2.71. The smallest absolute Gasteiger partial charge is 0.165 e. The molecule has 0 aliphatic rings. The molecule has 0 bridgehead atoms. The number of ketones is 1. The van der Waals surface area contributed by atoms with Crippen LogP contribution in [-0.2, 0) is 0 Å². The van der Waals surface area contributed by atoms with Crippen molar-refractivity contribution in [2.24, 2.45) is 0 Å². The Hall–Kier alpha value is -4.33. The van der Waals surface area contributed by atoms with E-state index in [1.165, 1.54) is 0 Å². The number of rotatable bonds is 10. The average molecular weight is 474 g/mol. The molecule has 35 heavy (non-hydrogen) atoms. The van der Waals surface area contributed by atoms with Gasteiger partial charge in [-0.1, -0.05) is 12.1 Å². The summed E-state index contributed by atoms with van der Waals surface area (Å²) in [4.78, 5) is 14.8. The van der Waals surface area contributed by atoms with Gasteiger partial charge in [0.15, 0.2) is 5.78 Å². The molecule has 0 N–H and O–H groups in total. The van der Waals surface area contributed by atoms with E-state index >= 15 is 0 Å². The van der Waals surface area contributed by atoms with E-state index in [0.717, 1.165) is 16.9 Å². The Kier molecular flexibility index (Phi) is 7.30. The minimum Gasteiger partial charge on any atom is -0.497 e. The number of hydrogen-bond acceptors (Lipinski definition) is 7. The lowest BCUT2D eigenvalue weighted by atomic mass is 9.98. The topological polar surface area (TPSA) is 84.7 Å². The SMILES string of the molecule is COc1ccc(C(=O)CC(c2ccc(OC)cc2)n2ncc(-c3cc(OC)ccc3OC)n2)cc1. The maximum absolute atomic E-state index is 13.2. The predicted octanol–water partition coefficient (Wildman–Crippen LogP) is 4.84. The highest BCUT2D eigenvalue weighted by molar-refractivity contribution is 5.96. The second kappa shape index (κ2) is 10.7. The lowest BCUT2D eigenvalue weighted by Gasteiger charge is -2.17. The second-order valence-corrected chi connectivity index (χ2v) is 7.76. The summed E-state index contributed by atoms with van der Waals surface area (Å²) in [6.45, 7) is 0. The van der Waals surface area contributed by atoms with E-state index in [2.05, 4.69) is 5.10 Å².